The standard InChI is InChI=1S/C32H39FN4O5S/c33-43-17-16-42-28-8-5-23(6-9-28)3-4-25-18-27(21-35-20-25)29(19-31(39)40)36-32(41)26-2-1-15-37(22-26)30(38)10-7-24-11-13-34-14-12-24/h5-6,8-9,18,20-21,24,26,29,34H,1-2,7,10-17,19,22H2,(H,36,41)(H,39,40). The fourth-order valence-electron chi connectivity index (χ4n) is 5.48. The van der Waals surface area contributed by atoms with E-state index >= 15 is 0 Å². The van der Waals surface area contributed by atoms with Crippen molar-refractivity contribution >= 4 is 29.9 Å². The number of pyridine rings is 1. The Morgan fingerprint density at radius 3 is 2.65 bits per heavy atom. The second kappa shape index (κ2) is 16.9. The summed E-state index contributed by atoms with van der Waals surface area (Å²) >= 11 is 0.228. The van der Waals surface area contributed by atoms with Crippen molar-refractivity contribution in [1.82, 2.24) is 20.5 Å². The molecule has 3 heterocycles. The highest BCUT2D eigenvalue weighted by Gasteiger charge is 2.30. The van der Waals surface area contributed by atoms with Gasteiger partial charge in [-0.25, -0.2) is 0 Å². The summed E-state index contributed by atoms with van der Waals surface area (Å²) in [6.45, 7) is 3.26. The number of amides is 2. The maximum absolute atomic E-state index is 13.3. The zero-order chi connectivity index (χ0) is 30.4. The summed E-state index contributed by atoms with van der Waals surface area (Å²) in [6.07, 6.45) is 7.75. The molecule has 2 amide bonds. The summed E-state index contributed by atoms with van der Waals surface area (Å²) in [5, 5.41) is 15.8. The number of halogens is 1. The normalized spacial score (nSPS) is 17.8. The molecule has 3 N–H and O–H groups in total. The van der Waals surface area contributed by atoms with E-state index in [4.69, 9.17) is 4.74 Å². The summed E-state index contributed by atoms with van der Waals surface area (Å²) in [7, 11) is 0. The van der Waals surface area contributed by atoms with Gasteiger partial charge in [0.1, 0.15) is 5.75 Å². The Morgan fingerprint density at radius 2 is 1.91 bits per heavy atom. The number of rotatable bonds is 12. The number of ether oxygens (including phenoxy) is 1. The largest absolute Gasteiger partial charge is 0.493 e. The predicted octanol–water partition coefficient (Wildman–Crippen LogP) is 4.13. The van der Waals surface area contributed by atoms with Gasteiger partial charge < -0.3 is 25.4 Å². The van der Waals surface area contributed by atoms with Crippen LogP contribution >= 0.6 is 12.1 Å². The van der Waals surface area contributed by atoms with Crippen LogP contribution in [0, 0.1) is 23.7 Å². The molecule has 2 aromatic rings. The first-order chi connectivity index (χ1) is 20.9. The van der Waals surface area contributed by atoms with Crippen LogP contribution in [0.4, 0.5) is 3.89 Å². The summed E-state index contributed by atoms with van der Waals surface area (Å²) in [5.74, 6) is 5.92. The first-order valence-electron chi connectivity index (χ1n) is 14.9. The van der Waals surface area contributed by atoms with E-state index in [1.54, 1.807) is 47.6 Å². The van der Waals surface area contributed by atoms with E-state index in [1.807, 2.05) is 0 Å². The van der Waals surface area contributed by atoms with E-state index in [-0.39, 0.29) is 42.7 Å². The van der Waals surface area contributed by atoms with Gasteiger partial charge in [0.25, 0.3) is 0 Å². The molecule has 0 saturated carbocycles. The molecule has 4 rings (SSSR count). The number of benzene rings is 1. The van der Waals surface area contributed by atoms with Crippen LogP contribution in [-0.2, 0) is 14.4 Å². The lowest BCUT2D eigenvalue weighted by atomic mass is 9.92. The SMILES string of the molecule is O=C(O)CC(NC(=O)C1CCCN(C(=O)CCC2CCNCC2)C1)c1cncc(C#Cc2ccc(OCCSF)cc2)c1. The minimum atomic E-state index is -1.05. The lowest BCUT2D eigenvalue weighted by molar-refractivity contribution is -0.138. The molecule has 1 aromatic carbocycles. The number of piperidine rings is 2. The molecule has 2 aliphatic rings. The quantitative estimate of drug-likeness (QED) is 0.243. The number of nitrogens with zero attached hydrogens (tertiary/aromatic N) is 2. The summed E-state index contributed by atoms with van der Waals surface area (Å²) < 4.78 is 17.6. The molecule has 0 bridgehead atoms. The number of hydrogen-bond donors (Lipinski definition) is 3. The summed E-state index contributed by atoms with van der Waals surface area (Å²) in [4.78, 5) is 44.0. The van der Waals surface area contributed by atoms with Crippen molar-refractivity contribution in [3.63, 3.8) is 0 Å². The molecule has 2 fully saturated rings. The monoisotopic (exact) mass is 610 g/mol. The molecule has 0 radical (unpaired) electrons. The Labute approximate surface area is 256 Å². The number of aliphatic carboxylic acids is 1. The molecule has 2 saturated heterocycles. The Hall–Kier alpha value is -3.62. The zero-order valence-electron chi connectivity index (χ0n) is 24.2. The molecule has 1 aromatic heterocycles. The van der Waals surface area contributed by atoms with Crippen molar-refractivity contribution in [2.24, 2.45) is 11.8 Å². The molecule has 43 heavy (non-hydrogen) atoms. The van der Waals surface area contributed by atoms with Crippen LogP contribution in [0.3, 0.4) is 0 Å². The highest BCUT2D eigenvalue weighted by molar-refractivity contribution is 7.94. The van der Waals surface area contributed by atoms with Gasteiger partial charge in [0.05, 0.1) is 30.7 Å². The van der Waals surface area contributed by atoms with Crippen molar-refractivity contribution in [2.45, 2.75) is 51.0 Å². The number of carbonyl (C=O) groups is 3. The van der Waals surface area contributed by atoms with E-state index in [9.17, 15) is 23.4 Å². The zero-order valence-corrected chi connectivity index (χ0v) is 25.0. The molecule has 9 nitrogen and oxygen atoms in total. The third-order valence-electron chi connectivity index (χ3n) is 7.86. The van der Waals surface area contributed by atoms with E-state index in [0.717, 1.165) is 44.3 Å². The van der Waals surface area contributed by atoms with Crippen LogP contribution in [0.2, 0.25) is 0 Å². The first kappa shape index (κ1) is 32.3. The van der Waals surface area contributed by atoms with Gasteiger partial charge in [-0.1, -0.05) is 11.8 Å². The van der Waals surface area contributed by atoms with Gasteiger partial charge in [0.2, 0.25) is 11.8 Å². The average Bonchev–Trinajstić information content (AvgIpc) is 3.03. The van der Waals surface area contributed by atoms with Gasteiger partial charge in [-0.3, -0.25) is 19.4 Å². The van der Waals surface area contributed by atoms with Gasteiger partial charge in [-0.2, -0.15) is 3.89 Å². The second-order valence-electron chi connectivity index (χ2n) is 11.0. The number of nitrogens with one attached hydrogen (secondary N) is 2. The Morgan fingerprint density at radius 1 is 1.14 bits per heavy atom. The second-order valence-corrected chi connectivity index (χ2v) is 11.6. The van der Waals surface area contributed by atoms with Crippen molar-refractivity contribution in [3.8, 4) is 17.6 Å². The van der Waals surface area contributed by atoms with E-state index in [1.165, 1.54) is 0 Å². The molecule has 2 unspecified atom stereocenters. The molecule has 0 spiro atoms. The number of likely N-dealkylation sites (tertiary alicyclic amines) is 1. The van der Waals surface area contributed by atoms with Gasteiger partial charge in [-0.15, -0.1) is 0 Å². The minimum absolute atomic E-state index is 0.0895. The smallest absolute Gasteiger partial charge is 0.305 e. The fourth-order valence-corrected chi connectivity index (χ4v) is 5.62. The molecular weight excluding hydrogens is 571 g/mol. The van der Waals surface area contributed by atoms with E-state index in [0.29, 0.717) is 48.7 Å². The fraction of sp³-hybridized carbons (Fsp3) is 0.500. The number of carbonyl (C=O) groups excluding carboxylic acids is 2. The Balaban J connectivity index is 1.36. The van der Waals surface area contributed by atoms with Gasteiger partial charge in [0, 0.05) is 55.2 Å². The molecule has 2 atom stereocenters. The van der Waals surface area contributed by atoms with Crippen LogP contribution in [0.5, 0.6) is 5.75 Å². The van der Waals surface area contributed by atoms with Crippen LogP contribution in [0.15, 0.2) is 42.7 Å². The maximum Gasteiger partial charge on any atom is 0.305 e. The van der Waals surface area contributed by atoms with Crippen molar-refractivity contribution in [1.29, 1.82) is 0 Å². The molecule has 0 aliphatic carbocycles. The van der Waals surface area contributed by atoms with Crippen LogP contribution < -0.4 is 15.4 Å². The van der Waals surface area contributed by atoms with Crippen LogP contribution in [0.25, 0.3) is 0 Å². The summed E-state index contributed by atoms with van der Waals surface area (Å²) in [6, 6.07) is 8.05. The van der Waals surface area contributed by atoms with Gasteiger partial charge >= 0.3 is 5.97 Å². The van der Waals surface area contributed by atoms with Gasteiger partial charge in [0.15, 0.2) is 0 Å². The molecule has 230 valence electrons. The molecular formula is C32H39FN4O5S. The number of aromatic nitrogens is 1. The number of hydrogen-bond acceptors (Lipinski definition) is 7. The third-order valence-corrected chi connectivity index (χ3v) is 8.18. The van der Waals surface area contributed by atoms with Gasteiger partial charge in [-0.05, 0) is 87.0 Å². The average molecular weight is 611 g/mol. The topological polar surface area (TPSA) is 121 Å². The lowest BCUT2D eigenvalue weighted by Crippen LogP contribution is -2.46. The van der Waals surface area contributed by atoms with E-state index < -0.39 is 17.9 Å². The highest BCUT2D eigenvalue weighted by Crippen LogP contribution is 2.24. The van der Waals surface area contributed by atoms with Crippen molar-refractivity contribution in [3.05, 3.63) is 59.4 Å². The maximum atomic E-state index is 13.3. The lowest BCUT2D eigenvalue weighted by Gasteiger charge is -2.33. The van der Waals surface area contributed by atoms with Crippen LogP contribution in [0.1, 0.15) is 67.7 Å². The summed E-state index contributed by atoms with van der Waals surface area (Å²) in [5.41, 5.74) is 1.86. The Kier molecular flexibility index (Phi) is 12.7. The molecule has 2 aliphatic heterocycles. The number of carboxylic acid groups (broad SMARTS) is 1. The minimum Gasteiger partial charge on any atom is -0.493 e. The van der Waals surface area contributed by atoms with Crippen LogP contribution in [-0.4, -0.2) is 71.3 Å². The first-order valence-corrected chi connectivity index (χ1v) is 15.7. The highest BCUT2D eigenvalue weighted by atomic mass is 32.2. The molecule has 11 heteroatoms. The van der Waals surface area contributed by atoms with Crippen molar-refractivity contribution in [2.75, 3.05) is 38.5 Å². The third kappa shape index (κ3) is 10.6. The Bertz CT molecular complexity index is 1290. The predicted molar refractivity (Wildman–Crippen MR) is 163 cm³/mol. The number of carboxylic acids is 1. The van der Waals surface area contributed by atoms with E-state index in [2.05, 4.69) is 27.5 Å². The van der Waals surface area contributed by atoms with Crippen molar-refractivity contribution < 1.29 is 28.1 Å².